The zero-order valence-corrected chi connectivity index (χ0v) is 11.7. The minimum absolute atomic E-state index is 0.101. The third kappa shape index (κ3) is 3.78. The predicted molar refractivity (Wildman–Crippen MR) is 76.1 cm³/mol. The molecule has 0 radical (unpaired) electrons. The van der Waals surface area contributed by atoms with Gasteiger partial charge < -0.3 is 10.1 Å². The minimum Gasteiger partial charge on any atom is -0.372 e. The molecule has 0 aromatic heterocycles. The molecule has 1 aromatic rings. The molecule has 1 heterocycles. The summed E-state index contributed by atoms with van der Waals surface area (Å²) in [6.45, 7) is 4.95. The summed E-state index contributed by atoms with van der Waals surface area (Å²) in [6.07, 6.45) is 2.12. The van der Waals surface area contributed by atoms with Crippen LogP contribution < -0.4 is 5.32 Å². The van der Waals surface area contributed by atoms with Crippen LogP contribution in [0.2, 0.25) is 0 Å². The lowest BCUT2D eigenvalue weighted by Crippen LogP contribution is -2.27. The Morgan fingerprint density at radius 2 is 2.05 bits per heavy atom. The molecule has 0 saturated carbocycles. The molecule has 1 fully saturated rings. The van der Waals surface area contributed by atoms with E-state index in [-0.39, 0.29) is 5.91 Å². The van der Waals surface area contributed by atoms with Crippen molar-refractivity contribution in [3.63, 3.8) is 0 Å². The Kier molecular flexibility index (Phi) is 4.93. The second kappa shape index (κ2) is 6.68. The highest BCUT2D eigenvalue weighted by Gasteiger charge is 2.16. The Bertz CT molecular complexity index is 428. The standard InChI is InChI=1S/C15H22N2O2/c1-12(19-2)15(18)16-14-8-4-3-7-13(14)11-17-9-5-6-10-17/h3-4,7-8,12H,5-6,9-11H2,1-2H3,(H,16,18). The molecule has 0 spiro atoms. The predicted octanol–water partition coefficient (Wildman–Crippen LogP) is 2.26. The number of methoxy groups -OCH3 is 1. The summed E-state index contributed by atoms with van der Waals surface area (Å²) in [6, 6.07) is 7.98. The van der Waals surface area contributed by atoms with Gasteiger partial charge in [0.15, 0.2) is 0 Å². The molecule has 1 amide bonds. The highest BCUT2D eigenvalue weighted by atomic mass is 16.5. The van der Waals surface area contributed by atoms with E-state index in [1.165, 1.54) is 18.4 Å². The van der Waals surface area contributed by atoms with Gasteiger partial charge in [-0.25, -0.2) is 0 Å². The van der Waals surface area contributed by atoms with Gasteiger partial charge >= 0.3 is 0 Å². The fourth-order valence-corrected chi connectivity index (χ4v) is 2.30. The van der Waals surface area contributed by atoms with Crippen molar-refractivity contribution in [2.75, 3.05) is 25.5 Å². The fourth-order valence-electron chi connectivity index (χ4n) is 2.30. The Morgan fingerprint density at radius 3 is 2.74 bits per heavy atom. The quantitative estimate of drug-likeness (QED) is 0.885. The van der Waals surface area contributed by atoms with Gasteiger partial charge in [0.1, 0.15) is 6.10 Å². The summed E-state index contributed by atoms with van der Waals surface area (Å²) in [4.78, 5) is 14.3. The molecule has 0 aliphatic carbocycles. The van der Waals surface area contributed by atoms with Crippen LogP contribution in [0.5, 0.6) is 0 Å². The SMILES string of the molecule is COC(C)C(=O)Nc1ccccc1CN1CCCC1. The van der Waals surface area contributed by atoms with Crippen molar-refractivity contribution in [1.29, 1.82) is 0 Å². The Morgan fingerprint density at radius 1 is 1.37 bits per heavy atom. The number of ether oxygens (including phenoxy) is 1. The molecular formula is C15H22N2O2. The fraction of sp³-hybridized carbons (Fsp3) is 0.533. The number of anilines is 1. The van der Waals surface area contributed by atoms with Gasteiger partial charge in [0.2, 0.25) is 0 Å². The molecule has 1 saturated heterocycles. The van der Waals surface area contributed by atoms with E-state index in [9.17, 15) is 4.79 Å². The third-order valence-electron chi connectivity index (χ3n) is 3.59. The topological polar surface area (TPSA) is 41.6 Å². The van der Waals surface area contributed by atoms with Crippen LogP contribution in [0.15, 0.2) is 24.3 Å². The van der Waals surface area contributed by atoms with E-state index in [1.807, 2.05) is 18.2 Å². The number of rotatable bonds is 5. The first-order chi connectivity index (χ1) is 9.20. The summed E-state index contributed by atoms with van der Waals surface area (Å²) >= 11 is 0. The number of para-hydroxylation sites is 1. The van der Waals surface area contributed by atoms with Gasteiger partial charge in [0.05, 0.1) is 0 Å². The zero-order chi connectivity index (χ0) is 13.7. The van der Waals surface area contributed by atoms with Crippen LogP contribution in [0.25, 0.3) is 0 Å². The Balaban J connectivity index is 2.05. The minimum atomic E-state index is -0.431. The lowest BCUT2D eigenvalue weighted by molar-refractivity contribution is -0.124. The average molecular weight is 262 g/mol. The number of nitrogens with zero attached hydrogens (tertiary/aromatic N) is 1. The average Bonchev–Trinajstić information content (AvgIpc) is 2.93. The maximum absolute atomic E-state index is 11.9. The van der Waals surface area contributed by atoms with Gasteiger partial charge in [0.25, 0.3) is 5.91 Å². The maximum atomic E-state index is 11.9. The Labute approximate surface area is 114 Å². The summed E-state index contributed by atoms with van der Waals surface area (Å²) in [5.41, 5.74) is 2.06. The van der Waals surface area contributed by atoms with Gasteiger partial charge in [-0.3, -0.25) is 9.69 Å². The van der Waals surface area contributed by atoms with Crippen molar-refractivity contribution < 1.29 is 9.53 Å². The molecule has 19 heavy (non-hydrogen) atoms. The molecule has 0 bridgehead atoms. The second-order valence-electron chi connectivity index (χ2n) is 5.01. The highest BCUT2D eigenvalue weighted by molar-refractivity contribution is 5.94. The van der Waals surface area contributed by atoms with Crippen molar-refractivity contribution in [3.05, 3.63) is 29.8 Å². The van der Waals surface area contributed by atoms with Crippen molar-refractivity contribution in [3.8, 4) is 0 Å². The third-order valence-corrected chi connectivity index (χ3v) is 3.59. The molecule has 1 aliphatic rings. The van der Waals surface area contributed by atoms with Crippen LogP contribution in [0.4, 0.5) is 5.69 Å². The van der Waals surface area contributed by atoms with E-state index in [1.54, 1.807) is 14.0 Å². The lowest BCUT2D eigenvalue weighted by atomic mass is 10.1. The molecule has 1 aromatic carbocycles. The van der Waals surface area contributed by atoms with E-state index < -0.39 is 6.10 Å². The monoisotopic (exact) mass is 262 g/mol. The molecule has 1 atom stereocenters. The summed E-state index contributed by atoms with van der Waals surface area (Å²) in [7, 11) is 1.54. The lowest BCUT2D eigenvalue weighted by Gasteiger charge is -2.18. The summed E-state index contributed by atoms with van der Waals surface area (Å²) < 4.78 is 5.04. The number of carbonyl (C=O) groups is 1. The number of benzene rings is 1. The van der Waals surface area contributed by atoms with Gasteiger partial charge in [-0.1, -0.05) is 18.2 Å². The van der Waals surface area contributed by atoms with E-state index in [2.05, 4.69) is 16.3 Å². The number of nitrogens with one attached hydrogen (secondary N) is 1. The van der Waals surface area contributed by atoms with E-state index in [0.29, 0.717) is 0 Å². The zero-order valence-electron chi connectivity index (χ0n) is 11.7. The van der Waals surface area contributed by atoms with Gasteiger partial charge in [0, 0.05) is 19.3 Å². The first-order valence-electron chi connectivity index (χ1n) is 6.84. The molecule has 1 N–H and O–H groups in total. The van der Waals surface area contributed by atoms with Crippen molar-refractivity contribution in [2.45, 2.75) is 32.4 Å². The van der Waals surface area contributed by atoms with Crippen LogP contribution in [-0.2, 0) is 16.1 Å². The van der Waals surface area contributed by atoms with Gasteiger partial charge in [-0.15, -0.1) is 0 Å². The Hall–Kier alpha value is -1.39. The van der Waals surface area contributed by atoms with Crippen LogP contribution in [0.1, 0.15) is 25.3 Å². The second-order valence-corrected chi connectivity index (χ2v) is 5.01. The molecule has 2 rings (SSSR count). The van der Waals surface area contributed by atoms with Crippen LogP contribution in [0.3, 0.4) is 0 Å². The van der Waals surface area contributed by atoms with Crippen molar-refractivity contribution in [2.24, 2.45) is 0 Å². The van der Waals surface area contributed by atoms with E-state index in [4.69, 9.17) is 4.74 Å². The van der Waals surface area contributed by atoms with Crippen LogP contribution in [0, 0.1) is 0 Å². The largest absolute Gasteiger partial charge is 0.372 e. The van der Waals surface area contributed by atoms with Crippen LogP contribution in [-0.4, -0.2) is 37.1 Å². The van der Waals surface area contributed by atoms with Gasteiger partial charge in [-0.2, -0.15) is 0 Å². The number of hydrogen-bond acceptors (Lipinski definition) is 3. The van der Waals surface area contributed by atoms with Crippen molar-refractivity contribution in [1.82, 2.24) is 4.90 Å². The van der Waals surface area contributed by atoms with Crippen LogP contribution >= 0.6 is 0 Å². The summed E-state index contributed by atoms with van der Waals surface area (Å²) in [5.74, 6) is -0.101. The van der Waals surface area contributed by atoms with Gasteiger partial charge in [-0.05, 0) is 44.5 Å². The summed E-state index contributed by atoms with van der Waals surface area (Å²) in [5, 5.41) is 2.94. The molecule has 1 unspecified atom stereocenters. The molecule has 104 valence electrons. The molecule has 4 heteroatoms. The first-order valence-corrected chi connectivity index (χ1v) is 6.84. The molecule has 1 aliphatic heterocycles. The number of hydrogen-bond donors (Lipinski definition) is 1. The molecule has 4 nitrogen and oxygen atoms in total. The van der Waals surface area contributed by atoms with E-state index >= 15 is 0 Å². The molecular weight excluding hydrogens is 240 g/mol. The maximum Gasteiger partial charge on any atom is 0.253 e. The number of carbonyl (C=O) groups excluding carboxylic acids is 1. The first kappa shape index (κ1) is 14.0. The number of likely N-dealkylation sites (tertiary alicyclic amines) is 1. The normalized spacial score (nSPS) is 17.4. The smallest absolute Gasteiger partial charge is 0.253 e. The van der Waals surface area contributed by atoms with Crippen molar-refractivity contribution >= 4 is 11.6 Å². The van der Waals surface area contributed by atoms with E-state index in [0.717, 1.165) is 25.3 Å². The number of amides is 1. The highest BCUT2D eigenvalue weighted by Crippen LogP contribution is 2.20.